The van der Waals surface area contributed by atoms with Crippen LogP contribution in [0.4, 0.5) is 5.00 Å². The molecule has 2 atom stereocenters. The summed E-state index contributed by atoms with van der Waals surface area (Å²) in [5, 5.41) is 7.45. The van der Waals surface area contributed by atoms with E-state index in [1.54, 1.807) is 35.6 Å². The Labute approximate surface area is 232 Å². The molecule has 1 aliphatic carbocycles. The van der Waals surface area contributed by atoms with Crippen LogP contribution in [0.5, 0.6) is 23.0 Å². The van der Waals surface area contributed by atoms with Gasteiger partial charge in [-0.15, -0.1) is 11.3 Å². The molecular weight excluding hydrogens is 516 g/mol. The molecule has 9 heteroatoms. The zero-order valence-corrected chi connectivity index (χ0v) is 23.9. The maximum atomic E-state index is 13.3. The Kier molecular flexibility index (Phi) is 7.20. The predicted octanol–water partition coefficient (Wildman–Crippen LogP) is 6.00. The Morgan fingerprint density at radius 3 is 2.31 bits per heavy atom. The van der Waals surface area contributed by atoms with Crippen molar-refractivity contribution < 1.29 is 28.5 Å². The summed E-state index contributed by atoms with van der Waals surface area (Å²) in [6, 6.07) is 10.3. The van der Waals surface area contributed by atoms with E-state index < -0.39 is 12.1 Å². The van der Waals surface area contributed by atoms with Crippen LogP contribution >= 0.6 is 11.3 Å². The second-order valence-corrected chi connectivity index (χ2v) is 12.0. The smallest absolute Gasteiger partial charge is 0.343 e. The highest BCUT2D eigenvalue weighted by Crippen LogP contribution is 2.46. The van der Waals surface area contributed by atoms with Crippen molar-refractivity contribution in [1.82, 2.24) is 5.32 Å². The number of thiophene rings is 1. The van der Waals surface area contributed by atoms with E-state index >= 15 is 0 Å². The molecule has 0 unspecified atom stereocenters. The van der Waals surface area contributed by atoms with Crippen LogP contribution < -0.4 is 29.6 Å². The maximum Gasteiger partial charge on any atom is 0.343 e. The van der Waals surface area contributed by atoms with Crippen LogP contribution in [-0.2, 0) is 12.8 Å². The van der Waals surface area contributed by atoms with Crippen molar-refractivity contribution in [1.29, 1.82) is 0 Å². The van der Waals surface area contributed by atoms with E-state index in [2.05, 4.69) is 31.4 Å². The molecule has 0 radical (unpaired) electrons. The van der Waals surface area contributed by atoms with Crippen LogP contribution in [0.25, 0.3) is 0 Å². The molecule has 39 heavy (non-hydrogen) atoms. The van der Waals surface area contributed by atoms with Crippen molar-refractivity contribution in [2.75, 3.05) is 26.6 Å². The fourth-order valence-electron chi connectivity index (χ4n) is 5.36. The number of ether oxygens (including phenoxy) is 4. The van der Waals surface area contributed by atoms with Gasteiger partial charge >= 0.3 is 5.97 Å². The zero-order valence-electron chi connectivity index (χ0n) is 23.1. The normalized spacial score (nSPS) is 18.3. The molecule has 1 aromatic heterocycles. The Morgan fingerprint density at radius 1 is 0.974 bits per heavy atom. The average molecular weight is 551 g/mol. The minimum atomic E-state index is -0.593. The molecule has 0 spiro atoms. The second kappa shape index (κ2) is 10.4. The van der Waals surface area contributed by atoms with Crippen molar-refractivity contribution in [3.05, 3.63) is 63.5 Å². The highest BCUT2D eigenvalue weighted by atomic mass is 32.1. The number of para-hydroxylation sites is 1. The van der Waals surface area contributed by atoms with Gasteiger partial charge in [-0.3, -0.25) is 4.79 Å². The van der Waals surface area contributed by atoms with E-state index in [-0.39, 0.29) is 16.9 Å². The number of nitrogens with one attached hydrogen (secondary N) is 2. The third-order valence-electron chi connectivity index (χ3n) is 7.60. The fourth-order valence-corrected chi connectivity index (χ4v) is 6.72. The molecule has 0 saturated heterocycles. The topological polar surface area (TPSA) is 95.1 Å². The highest BCUT2D eigenvalue weighted by molar-refractivity contribution is 7.16. The lowest BCUT2D eigenvalue weighted by atomic mass is 9.72. The quantitative estimate of drug-likeness (QED) is 0.287. The standard InChI is InChI=1S/C30H34N2O6S/c1-30(2,3)17-11-12-19-23(15-17)39-28-24(19)27(33)31-26(32-28)18-9-7-8-10-20(18)38-29(34)16-13-21(35-4)25(37-6)22(14-16)36-5/h7-10,13-14,17,26,32H,11-12,15H2,1-6H3,(H,31,33)/t17-,26+/m0/s1. The molecule has 8 nitrogen and oxygen atoms in total. The summed E-state index contributed by atoms with van der Waals surface area (Å²) in [7, 11) is 4.47. The van der Waals surface area contributed by atoms with Crippen LogP contribution in [0.3, 0.4) is 0 Å². The number of carbonyl (C=O) groups excluding carboxylic acids is 2. The molecule has 2 heterocycles. The van der Waals surface area contributed by atoms with Gasteiger partial charge in [-0.1, -0.05) is 39.0 Å². The van der Waals surface area contributed by atoms with Crippen molar-refractivity contribution in [2.45, 2.75) is 46.2 Å². The molecule has 1 amide bonds. The molecule has 2 aromatic carbocycles. The van der Waals surface area contributed by atoms with Gasteiger partial charge < -0.3 is 29.6 Å². The lowest BCUT2D eigenvalue weighted by molar-refractivity contribution is 0.0731. The molecule has 1 aliphatic heterocycles. The highest BCUT2D eigenvalue weighted by Gasteiger charge is 2.37. The predicted molar refractivity (Wildman–Crippen MR) is 151 cm³/mol. The maximum absolute atomic E-state index is 13.3. The molecule has 5 rings (SSSR count). The van der Waals surface area contributed by atoms with Crippen molar-refractivity contribution in [2.24, 2.45) is 11.3 Å². The van der Waals surface area contributed by atoms with Crippen LogP contribution in [0, 0.1) is 11.3 Å². The Morgan fingerprint density at radius 2 is 1.67 bits per heavy atom. The van der Waals surface area contributed by atoms with Crippen molar-refractivity contribution >= 4 is 28.2 Å². The summed E-state index contributed by atoms with van der Waals surface area (Å²) in [4.78, 5) is 27.8. The van der Waals surface area contributed by atoms with Crippen LogP contribution in [0.1, 0.15) is 70.1 Å². The average Bonchev–Trinajstić information content (AvgIpc) is 3.30. The number of esters is 1. The monoisotopic (exact) mass is 550 g/mol. The molecule has 3 aromatic rings. The number of fused-ring (bicyclic) bond motifs is 3. The number of hydrogen-bond donors (Lipinski definition) is 2. The zero-order chi connectivity index (χ0) is 27.9. The molecule has 2 N–H and O–H groups in total. The molecule has 0 fully saturated rings. The van der Waals surface area contributed by atoms with Crippen LogP contribution in [-0.4, -0.2) is 33.2 Å². The van der Waals surface area contributed by atoms with Crippen molar-refractivity contribution in [3.63, 3.8) is 0 Å². The summed E-state index contributed by atoms with van der Waals surface area (Å²) in [5.74, 6) is 1.30. The van der Waals surface area contributed by atoms with Gasteiger partial charge in [0.25, 0.3) is 5.91 Å². The molecular formula is C30H34N2O6S. The number of benzene rings is 2. The summed E-state index contributed by atoms with van der Waals surface area (Å²) in [6.07, 6.45) is 2.42. The number of amides is 1. The third kappa shape index (κ3) is 5.03. The van der Waals surface area contributed by atoms with E-state index in [1.807, 2.05) is 12.1 Å². The minimum absolute atomic E-state index is 0.105. The van der Waals surface area contributed by atoms with E-state index in [0.717, 1.165) is 29.8 Å². The van der Waals surface area contributed by atoms with Crippen LogP contribution in [0.2, 0.25) is 0 Å². The first-order valence-corrected chi connectivity index (χ1v) is 13.8. The van der Waals surface area contributed by atoms with Gasteiger partial charge in [0.1, 0.15) is 16.9 Å². The second-order valence-electron chi connectivity index (χ2n) is 10.9. The minimum Gasteiger partial charge on any atom is -0.493 e. The summed E-state index contributed by atoms with van der Waals surface area (Å²) < 4.78 is 21.9. The lowest BCUT2D eigenvalue weighted by Crippen LogP contribution is -2.38. The van der Waals surface area contributed by atoms with Crippen LogP contribution in [0.15, 0.2) is 36.4 Å². The van der Waals surface area contributed by atoms with Gasteiger partial charge in [-0.25, -0.2) is 4.79 Å². The van der Waals surface area contributed by atoms with Gasteiger partial charge in [-0.05, 0) is 54.4 Å². The van der Waals surface area contributed by atoms with Gasteiger partial charge in [0.15, 0.2) is 11.5 Å². The first-order valence-electron chi connectivity index (χ1n) is 13.0. The SMILES string of the molecule is COc1cc(C(=O)Oc2ccccc2[C@@H]2NC(=O)c3c(sc4c3CC[C@H](C(C)(C)C)C4)N2)cc(OC)c1OC. The summed E-state index contributed by atoms with van der Waals surface area (Å²) >= 11 is 1.67. The van der Waals surface area contributed by atoms with Gasteiger partial charge in [0.2, 0.25) is 5.75 Å². The van der Waals surface area contributed by atoms with E-state index in [1.165, 1.54) is 31.8 Å². The Hall–Kier alpha value is -3.72. The number of hydrogen-bond acceptors (Lipinski definition) is 8. The van der Waals surface area contributed by atoms with Gasteiger partial charge in [0.05, 0.1) is 32.5 Å². The van der Waals surface area contributed by atoms with E-state index in [9.17, 15) is 9.59 Å². The first-order chi connectivity index (χ1) is 18.6. The number of carbonyl (C=O) groups is 2. The molecule has 0 saturated carbocycles. The number of methoxy groups -OCH3 is 3. The van der Waals surface area contributed by atoms with E-state index in [0.29, 0.717) is 34.5 Å². The Bertz CT molecular complexity index is 1400. The fraction of sp³-hybridized carbons (Fsp3) is 0.400. The summed E-state index contributed by atoms with van der Waals surface area (Å²) in [5.41, 5.74) is 3.03. The van der Waals surface area contributed by atoms with Gasteiger partial charge in [0, 0.05) is 10.4 Å². The molecule has 2 aliphatic rings. The third-order valence-corrected chi connectivity index (χ3v) is 8.79. The first kappa shape index (κ1) is 26.9. The summed E-state index contributed by atoms with van der Waals surface area (Å²) in [6.45, 7) is 6.86. The number of anilines is 1. The van der Waals surface area contributed by atoms with Crippen molar-refractivity contribution in [3.8, 4) is 23.0 Å². The van der Waals surface area contributed by atoms with E-state index in [4.69, 9.17) is 18.9 Å². The van der Waals surface area contributed by atoms with Gasteiger partial charge in [-0.2, -0.15) is 0 Å². The largest absolute Gasteiger partial charge is 0.493 e. The lowest BCUT2D eigenvalue weighted by Gasteiger charge is -2.34. The molecule has 0 bridgehead atoms. The number of rotatable bonds is 6. The molecule has 206 valence electrons. The Balaban J connectivity index is 1.41.